The van der Waals surface area contributed by atoms with E-state index in [4.69, 9.17) is 0 Å². The van der Waals surface area contributed by atoms with Crippen molar-refractivity contribution in [1.29, 1.82) is 0 Å². The molecule has 0 unspecified atom stereocenters. The molecule has 15 heavy (non-hydrogen) atoms. The zero-order valence-electron chi connectivity index (χ0n) is 8.01. The summed E-state index contributed by atoms with van der Waals surface area (Å²) < 4.78 is 6.00. The van der Waals surface area contributed by atoms with Crippen molar-refractivity contribution in [3.8, 4) is 0 Å². The Balaban J connectivity index is 2.74. The van der Waals surface area contributed by atoms with E-state index in [0.717, 1.165) is 0 Å². The molecule has 2 aromatic heterocycles. The Morgan fingerprint density at radius 1 is 1.53 bits per heavy atom. The maximum Gasteiger partial charge on any atom is 0.359 e. The Bertz CT molecular complexity index is 530. The molecule has 2 heterocycles. The van der Waals surface area contributed by atoms with Crippen molar-refractivity contribution in [2.24, 2.45) is 0 Å². The van der Waals surface area contributed by atoms with Crippen LogP contribution in [0.15, 0.2) is 24.4 Å². The molecule has 0 amide bonds. The molecule has 0 aliphatic heterocycles. The van der Waals surface area contributed by atoms with Gasteiger partial charge in [-0.2, -0.15) is 5.10 Å². The lowest BCUT2D eigenvalue weighted by molar-refractivity contribution is 0.0591. The lowest BCUT2D eigenvalue weighted by Gasteiger charge is -1.92. The third-order valence-electron chi connectivity index (χ3n) is 2.07. The minimum atomic E-state index is -0.610. The van der Waals surface area contributed by atoms with Crippen LogP contribution in [0.25, 0.3) is 5.52 Å². The number of carbonyl (C=O) groups excluding carboxylic acids is 2. The molecule has 5 nitrogen and oxygen atoms in total. The first-order valence-corrected chi connectivity index (χ1v) is 4.28. The lowest BCUT2D eigenvalue weighted by atomic mass is 10.2. The van der Waals surface area contributed by atoms with Crippen LogP contribution < -0.4 is 0 Å². The molecule has 0 saturated heterocycles. The summed E-state index contributed by atoms with van der Waals surface area (Å²) in [4.78, 5) is 22.2. The Morgan fingerprint density at radius 3 is 3.00 bits per heavy atom. The molecular formula is C10H8N2O3. The highest BCUT2D eigenvalue weighted by Crippen LogP contribution is 2.13. The van der Waals surface area contributed by atoms with Gasteiger partial charge >= 0.3 is 5.97 Å². The number of methoxy groups -OCH3 is 1. The first kappa shape index (κ1) is 9.39. The normalized spacial score (nSPS) is 10.2. The monoisotopic (exact) mass is 204 g/mol. The molecule has 2 aromatic rings. The van der Waals surface area contributed by atoms with Crippen LogP contribution >= 0.6 is 0 Å². The van der Waals surface area contributed by atoms with Gasteiger partial charge in [-0.1, -0.05) is 6.07 Å². The van der Waals surface area contributed by atoms with E-state index in [1.807, 2.05) is 0 Å². The van der Waals surface area contributed by atoms with E-state index in [0.29, 0.717) is 11.8 Å². The largest absolute Gasteiger partial charge is 0.464 e. The van der Waals surface area contributed by atoms with Gasteiger partial charge in [-0.3, -0.25) is 4.79 Å². The molecule has 0 atom stereocenters. The van der Waals surface area contributed by atoms with Crippen LogP contribution in [0.3, 0.4) is 0 Å². The highest BCUT2D eigenvalue weighted by Gasteiger charge is 2.18. The van der Waals surface area contributed by atoms with Crippen LogP contribution in [0.5, 0.6) is 0 Å². The summed E-state index contributed by atoms with van der Waals surface area (Å²) in [6.45, 7) is 0. The summed E-state index contributed by atoms with van der Waals surface area (Å²) >= 11 is 0. The summed E-state index contributed by atoms with van der Waals surface area (Å²) in [6.07, 6.45) is 2.27. The second-order valence-electron chi connectivity index (χ2n) is 2.90. The molecule has 0 N–H and O–H groups in total. The van der Waals surface area contributed by atoms with Gasteiger partial charge in [-0.15, -0.1) is 0 Å². The minimum Gasteiger partial charge on any atom is -0.464 e. The first-order valence-electron chi connectivity index (χ1n) is 4.28. The Labute approximate surface area is 85.3 Å². The van der Waals surface area contributed by atoms with E-state index < -0.39 is 5.97 Å². The highest BCUT2D eigenvalue weighted by atomic mass is 16.5. The SMILES string of the molecule is COC(=O)c1nn2ccccc2c1C=O. The fourth-order valence-corrected chi connectivity index (χ4v) is 1.38. The van der Waals surface area contributed by atoms with E-state index >= 15 is 0 Å². The van der Waals surface area contributed by atoms with Crippen molar-refractivity contribution in [2.45, 2.75) is 0 Å². The Kier molecular flexibility index (Phi) is 2.21. The van der Waals surface area contributed by atoms with E-state index in [2.05, 4.69) is 9.84 Å². The van der Waals surface area contributed by atoms with Crippen LogP contribution in [0.1, 0.15) is 20.8 Å². The zero-order chi connectivity index (χ0) is 10.8. The topological polar surface area (TPSA) is 60.7 Å². The van der Waals surface area contributed by atoms with Crippen molar-refractivity contribution in [3.63, 3.8) is 0 Å². The summed E-state index contributed by atoms with van der Waals surface area (Å²) in [5.41, 5.74) is 0.883. The number of hydrogen-bond donors (Lipinski definition) is 0. The molecule has 0 fully saturated rings. The number of rotatable bonds is 2. The molecule has 0 spiro atoms. The summed E-state index contributed by atoms with van der Waals surface area (Å²) in [5.74, 6) is -0.610. The molecule has 0 saturated carbocycles. The van der Waals surface area contributed by atoms with Crippen molar-refractivity contribution in [2.75, 3.05) is 7.11 Å². The first-order chi connectivity index (χ1) is 7.27. The fourth-order valence-electron chi connectivity index (χ4n) is 1.38. The number of aromatic nitrogens is 2. The fraction of sp³-hybridized carbons (Fsp3) is 0.100. The van der Waals surface area contributed by atoms with E-state index in [-0.39, 0.29) is 11.3 Å². The van der Waals surface area contributed by atoms with Gasteiger partial charge in [0.2, 0.25) is 0 Å². The number of esters is 1. The van der Waals surface area contributed by atoms with Crippen molar-refractivity contribution >= 4 is 17.8 Å². The van der Waals surface area contributed by atoms with Crippen LogP contribution in [-0.2, 0) is 4.74 Å². The van der Waals surface area contributed by atoms with Crippen LogP contribution in [0.2, 0.25) is 0 Å². The summed E-state index contributed by atoms with van der Waals surface area (Å²) in [6, 6.07) is 5.24. The molecule has 0 aromatic carbocycles. The molecular weight excluding hydrogens is 196 g/mol. The van der Waals surface area contributed by atoms with Gasteiger partial charge in [-0.25, -0.2) is 9.31 Å². The minimum absolute atomic E-state index is 0.0405. The molecule has 76 valence electrons. The zero-order valence-corrected chi connectivity index (χ0v) is 8.01. The smallest absolute Gasteiger partial charge is 0.359 e. The van der Waals surface area contributed by atoms with Gasteiger partial charge < -0.3 is 4.74 Å². The van der Waals surface area contributed by atoms with Gasteiger partial charge in [0.25, 0.3) is 0 Å². The lowest BCUT2D eigenvalue weighted by Crippen LogP contribution is -2.04. The third-order valence-corrected chi connectivity index (χ3v) is 2.07. The Morgan fingerprint density at radius 2 is 2.33 bits per heavy atom. The second kappa shape index (κ2) is 3.53. The van der Waals surface area contributed by atoms with Crippen molar-refractivity contribution in [3.05, 3.63) is 35.7 Å². The number of pyridine rings is 1. The molecule has 2 rings (SSSR count). The molecule has 0 aliphatic rings. The molecule has 0 aliphatic carbocycles. The molecule has 0 radical (unpaired) electrons. The average Bonchev–Trinajstić information content (AvgIpc) is 2.66. The van der Waals surface area contributed by atoms with Gasteiger partial charge in [-0.05, 0) is 12.1 Å². The summed E-state index contributed by atoms with van der Waals surface area (Å²) in [7, 11) is 1.25. The van der Waals surface area contributed by atoms with E-state index in [1.165, 1.54) is 11.6 Å². The standard InChI is InChI=1S/C10H8N2O3/c1-15-10(14)9-7(6-13)8-4-2-3-5-12(8)11-9/h2-6H,1H3. The average molecular weight is 204 g/mol. The molecule has 5 heteroatoms. The molecule has 0 bridgehead atoms. The van der Waals surface area contributed by atoms with E-state index in [1.54, 1.807) is 24.4 Å². The maximum atomic E-state index is 11.3. The number of fused-ring (bicyclic) bond motifs is 1. The predicted octanol–water partition coefficient (Wildman–Crippen LogP) is 0.933. The number of ether oxygens (including phenoxy) is 1. The van der Waals surface area contributed by atoms with Gasteiger partial charge in [0, 0.05) is 6.20 Å². The van der Waals surface area contributed by atoms with Crippen LogP contribution in [-0.4, -0.2) is 29.0 Å². The van der Waals surface area contributed by atoms with Crippen molar-refractivity contribution < 1.29 is 14.3 Å². The number of aldehydes is 1. The highest BCUT2D eigenvalue weighted by molar-refractivity contribution is 6.01. The Hall–Kier alpha value is -2.17. The quantitative estimate of drug-likeness (QED) is 0.539. The van der Waals surface area contributed by atoms with Gasteiger partial charge in [0.15, 0.2) is 12.0 Å². The van der Waals surface area contributed by atoms with Gasteiger partial charge in [0.1, 0.15) is 0 Å². The maximum absolute atomic E-state index is 11.3. The number of nitrogens with zero attached hydrogens (tertiary/aromatic N) is 2. The number of carbonyl (C=O) groups is 2. The second-order valence-corrected chi connectivity index (χ2v) is 2.90. The van der Waals surface area contributed by atoms with Crippen LogP contribution in [0, 0.1) is 0 Å². The predicted molar refractivity (Wildman–Crippen MR) is 51.9 cm³/mol. The third kappa shape index (κ3) is 1.38. The van der Waals surface area contributed by atoms with Crippen LogP contribution in [0.4, 0.5) is 0 Å². The van der Waals surface area contributed by atoms with Crippen molar-refractivity contribution in [1.82, 2.24) is 9.61 Å². The number of hydrogen-bond acceptors (Lipinski definition) is 4. The van der Waals surface area contributed by atoms with Gasteiger partial charge in [0.05, 0.1) is 18.2 Å². The van der Waals surface area contributed by atoms with E-state index in [9.17, 15) is 9.59 Å². The summed E-state index contributed by atoms with van der Waals surface area (Å²) in [5, 5.41) is 3.97.